The summed E-state index contributed by atoms with van der Waals surface area (Å²) in [5, 5.41) is 4.42. The fourth-order valence-corrected chi connectivity index (χ4v) is 2.61. The van der Waals surface area contributed by atoms with Crippen molar-refractivity contribution in [3.8, 4) is 0 Å². The number of anilines is 1. The Labute approximate surface area is 107 Å². The number of benzene rings is 1. The molecule has 1 aromatic heterocycles. The normalized spacial score (nSPS) is 11.6. The standard InChI is InChI=1S/C10H12N4O4S/c11-4-5-19(17,18)14-7-3-1-2-6-8(7)10(16)13-12-9(6)15/h1-3,14H,4-5,11H2,(H,12,15)(H,13,16). The van der Waals surface area contributed by atoms with Crippen molar-refractivity contribution in [2.75, 3.05) is 17.0 Å². The lowest BCUT2D eigenvalue weighted by molar-refractivity contribution is 0.601. The second-order valence-electron chi connectivity index (χ2n) is 3.85. The predicted molar refractivity (Wildman–Crippen MR) is 71.7 cm³/mol. The summed E-state index contributed by atoms with van der Waals surface area (Å²) in [7, 11) is -3.65. The highest BCUT2D eigenvalue weighted by Gasteiger charge is 2.14. The van der Waals surface area contributed by atoms with E-state index in [9.17, 15) is 18.0 Å². The fraction of sp³-hybridized carbons (Fsp3) is 0.200. The first kappa shape index (κ1) is 13.3. The first-order chi connectivity index (χ1) is 8.94. The van der Waals surface area contributed by atoms with Gasteiger partial charge in [0, 0.05) is 6.54 Å². The first-order valence-electron chi connectivity index (χ1n) is 5.39. The molecule has 5 N–H and O–H groups in total. The van der Waals surface area contributed by atoms with Gasteiger partial charge in [0.05, 0.1) is 22.2 Å². The zero-order valence-electron chi connectivity index (χ0n) is 9.76. The molecule has 1 aromatic carbocycles. The maximum Gasteiger partial charge on any atom is 0.272 e. The largest absolute Gasteiger partial charge is 0.329 e. The highest BCUT2D eigenvalue weighted by Crippen LogP contribution is 2.17. The molecule has 2 aromatic rings. The molecule has 8 nitrogen and oxygen atoms in total. The van der Waals surface area contributed by atoms with Crippen LogP contribution >= 0.6 is 0 Å². The number of nitrogens with one attached hydrogen (secondary N) is 3. The third-order valence-corrected chi connectivity index (χ3v) is 3.78. The van der Waals surface area contributed by atoms with Crippen molar-refractivity contribution in [2.45, 2.75) is 0 Å². The van der Waals surface area contributed by atoms with Crippen LogP contribution in [0.3, 0.4) is 0 Å². The molecule has 0 saturated heterocycles. The quantitative estimate of drug-likeness (QED) is 0.565. The Morgan fingerprint density at radius 1 is 1.16 bits per heavy atom. The summed E-state index contributed by atoms with van der Waals surface area (Å²) >= 11 is 0. The van der Waals surface area contributed by atoms with Crippen molar-refractivity contribution in [3.05, 3.63) is 38.9 Å². The highest BCUT2D eigenvalue weighted by molar-refractivity contribution is 7.92. The third kappa shape index (κ3) is 2.66. The number of nitrogens with two attached hydrogens (primary N) is 1. The second-order valence-corrected chi connectivity index (χ2v) is 5.69. The minimum Gasteiger partial charge on any atom is -0.329 e. The molecule has 0 spiro atoms. The molecule has 0 unspecified atom stereocenters. The van der Waals surface area contributed by atoms with Gasteiger partial charge >= 0.3 is 0 Å². The molecule has 9 heteroatoms. The van der Waals surface area contributed by atoms with Crippen LogP contribution in [-0.4, -0.2) is 30.9 Å². The predicted octanol–water partition coefficient (Wildman–Crippen LogP) is -1.08. The van der Waals surface area contributed by atoms with Gasteiger partial charge in [-0.2, -0.15) is 0 Å². The minimum atomic E-state index is -3.65. The first-order valence-corrected chi connectivity index (χ1v) is 7.04. The molecule has 0 aliphatic rings. The third-order valence-electron chi connectivity index (χ3n) is 2.48. The van der Waals surface area contributed by atoms with Gasteiger partial charge in [0.25, 0.3) is 11.1 Å². The van der Waals surface area contributed by atoms with Crippen LogP contribution in [0.25, 0.3) is 10.8 Å². The molecule has 102 valence electrons. The fourth-order valence-electron chi connectivity index (χ4n) is 1.69. The van der Waals surface area contributed by atoms with Crippen molar-refractivity contribution in [3.63, 3.8) is 0 Å². The number of aromatic nitrogens is 2. The van der Waals surface area contributed by atoms with Crippen LogP contribution in [0.2, 0.25) is 0 Å². The summed E-state index contributed by atoms with van der Waals surface area (Å²) in [6, 6.07) is 4.33. The summed E-state index contributed by atoms with van der Waals surface area (Å²) in [5.74, 6) is -0.273. The molecule has 1 heterocycles. The van der Waals surface area contributed by atoms with Gasteiger partial charge < -0.3 is 5.73 Å². The topological polar surface area (TPSA) is 138 Å². The SMILES string of the molecule is NCCS(=O)(=O)Nc1cccc2c(=O)[nH][nH]c(=O)c12. The number of aromatic amines is 2. The Hall–Kier alpha value is -2.13. The number of rotatable bonds is 4. The van der Waals surface area contributed by atoms with E-state index >= 15 is 0 Å². The Bertz CT molecular complexity index is 821. The zero-order chi connectivity index (χ0) is 14.0. The lowest BCUT2D eigenvalue weighted by Crippen LogP contribution is -2.25. The van der Waals surface area contributed by atoms with Crippen LogP contribution in [0.15, 0.2) is 27.8 Å². The number of fused-ring (bicyclic) bond motifs is 1. The van der Waals surface area contributed by atoms with Gasteiger partial charge in [-0.1, -0.05) is 6.07 Å². The molecular weight excluding hydrogens is 272 g/mol. The molecule has 2 rings (SSSR count). The van der Waals surface area contributed by atoms with Gasteiger partial charge in [-0.3, -0.25) is 24.5 Å². The van der Waals surface area contributed by atoms with Gasteiger partial charge in [-0.05, 0) is 12.1 Å². The molecule has 0 atom stereocenters. The monoisotopic (exact) mass is 284 g/mol. The van der Waals surface area contributed by atoms with Crippen molar-refractivity contribution in [2.24, 2.45) is 5.73 Å². The lowest BCUT2D eigenvalue weighted by atomic mass is 10.2. The van der Waals surface area contributed by atoms with Crippen molar-refractivity contribution in [1.82, 2.24) is 10.2 Å². The number of hydrogen-bond donors (Lipinski definition) is 4. The maximum atomic E-state index is 11.7. The minimum absolute atomic E-state index is 0.00755. The average molecular weight is 284 g/mol. The van der Waals surface area contributed by atoms with Crippen LogP contribution in [-0.2, 0) is 10.0 Å². The van der Waals surface area contributed by atoms with E-state index in [1.54, 1.807) is 0 Å². The molecule has 0 aliphatic carbocycles. The van der Waals surface area contributed by atoms with Crippen molar-refractivity contribution in [1.29, 1.82) is 0 Å². The number of hydrogen-bond acceptors (Lipinski definition) is 5. The number of H-pyrrole nitrogens is 2. The van der Waals surface area contributed by atoms with E-state index in [-0.39, 0.29) is 28.8 Å². The summed E-state index contributed by atoms with van der Waals surface area (Å²) in [4.78, 5) is 23.3. The van der Waals surface area contributed by atoms with E-state index in [1.165, 1.54) is 18.2 Å². The molecule has 0 saturated carbocycles. The number of sulfonamides is 1. The molecule has 0 fully saturated rings. The smallest absolute Gasteiger partial charge is 0.272 e. The highest BCUT2D eigenvalue weighted by atomic mass is 32.2. The van der Waals surface area contributed by atoms with E-state index < -0.39 is 21.1 Å². The van der Waals surface area contributed by atoms with Gasteiger partial charge in [-0.15, -0.1) is 0 Å². The lowest BCUT2D eigenvalue weighted by Gasteiger charge is -2.08. The van der Waals surface area contributed by atoms with E-state index in [4.69, 9.17) is 5.73 Å². The maximum absolute atomic E-state index is 11.7. The van der Waals surface area contributed by atoms with E-state index in [0.29, 0.717) is 0 Å². The van der Waals surface area contributed by atoms with Gasteiger partial charge in [0.15, 0.2) is 0 Å². The van der Waals surface area contributed by atoms with Gasteiger partial charge in [-0.25, -0.2) is 8.42 Å². The summed E-state index contributed by atoms with van der Waals surface area (Å²) < 4.78 is 25.6. The van der Waals surface area contributed by atoms with Crippen molar-refractivity contribution >= 4 is 26.5 Å². The summed E-state index contributed by atoms with van der Waals surface area (Å²) in [6.45, 7) is -0.0446. The van der Waals surface area contributed by atoms with Crippen LogP contribution in [0.4, 0.5) is 5.69 Å². The van der Waals surface area contributed by atoms with E-state index in [0.717, 1.165) is 0 Å². The molecule has 0 aliphatic heterocycles. The second kappa shape index (κ2) is 4.86. The van der Waals surface area contributed by atoms with Crippen LogP contribution in [0.1, 0.15) is 0 Å². The Morgan fingerprint density at radius 2 is 1.84 bits per heavy atom. The molecular formula is C10H12N4O4S. The molecule has 19 heavy (non-hydrogen) atoms. The Balaban J connectivity index is 2.66. The van der Waals surface area contributed by atoms with Crippen LogP contribution < -0.4 is 21.6 Å². The van der Waals surface area contributed by atoms with Gasteiger partial charge in [0.2, 0.25) is 10.0 Å². The van der Waals surface area contributed by atoms with E-state index in [1.807, 2.05) is 0 Å². The molecule has 0 radical (unpaired) electrons. The van der Waals surface area contributed by atoms with Crippen LogP contribution in [0, 0.1) is 0 Å². The molecule has 0 amide bonds. The van der Waals surface area contributed by atoms with Gasteiger partial charge in [0.1, 0.15) is 0 Å². The Morgan fingerprint density at radius 3 is 2.53 bits per heavy atom. The summed E-state index contributed by atoms with van der Waals surface area (Å²) in [5.41, 5.74) is 4.16. The average Bonchev–Trinajstić information content (AvgIpc) is 2.33. The summed E-state index contributed by atoms with van der Waals surface area (Å²) in [6.07, 6.45) is 0. The Kier molecular flexibility index (Phi) is 3.40. The molecule has 0 bridgehead atoms. The van der Waals surface area contributed by atoms with Crippen LogP contribution in [0.5, 0.6) is 0 Å². The zero-order valence-corrected chi connectivity index (χ0v) is 10.6. The van der Waals surface area contributed by atoms with E-state index in [2.05, 4.69) is 14.9 Å². The van der Waals surface area contributed by atoms with Crippen molar-refractivity contribution < 1.29 is 8.42 Å².